The number of hydrazone groups is 1. The molecule has 0 aromatic heterocycles. The molecule has 2 unspecified atom stereocenters. The highest BCUT2D eigenvalue weighted by molar-refractivity contribution is 9.10. The Morgan fingerprint density at radius 3 is 2.29 bits per heavy atom. The van der Waals surface area contributed by atoms with E-state index >= 15 is 0 Å². The van der Waals surface area contributed by atoms with Crippen LogP contribution in [0.15, 0.2) is 80.3 Å². The van der Waals surface area contributed by atoms with Crippen LogP contribution in [0.25, 0.3) is 6.08 Å². The van der Waals surface area contributed by atoms with E-state index < -0.39 is 11.9 Å². The zero-order valence-corrected chi connectivity index (χ0v) is 19.7. The van der Waals surface area contributed by atoms with Gasteiger partial charge in [0.15, 0.2) is 0 Å². The molecule has 1 aliphatic heterocycles. The van der Waals surface area contributed by atoms with Gasteiger partial charge in [0, 0.05) is 27.0 Å². The van der Waals surface area contributed by atoms with E-state index in [1.54, 1.807) is 0 Å². The quantitative estimate of drug-likeness (QED) is 0.482. The molecule has 0 spiro atoms. The van der Waals surface area contributed by atoms with Gasteiger partial charge in [-0.1, -0.05) is 56.1 Å². The van der Waals surface area contributed by atoms with Gasteiger partial charge < -0.3 is 5.11 Å². The molecule has 0 radical (unpaired) electrons. The van der Waals surface area contributed by atoms with Crippen molar-refractivity contribution in [3.05, 3.63) is 86.3 Å². The molecular weight excluding hydrogens is 524 g/mol. The van der Waals surface area contributed by atoms with E-state index in [1.807, 2.05) is 48.5 Å². The SMILES string of the molecule is O=C(O)C=CC(=O)N1N=C2C(=Cc3ccc(Br)cc3)CCCC2C1c1ccc(Br)cc1. The monoisotopic (exact) mass is 542 g/mol. The van der Waals surface area contributed by atoms with Gasteiger partial charge >= 0.3 is 5.97 Å². The van der Waals surface area contributed by atoms with Crippen LogP contribution < -0.4 is 0 Å². The largest absolute Gasteiger partial charge is 0.478 e. The fourth-order valence-electron chi connectivity index (χ4n) is 4.15. The van der Waals surface area contributed by atoms with Crippen molar-refractivity contribution in [3.63, 3.8) is 0 Å². The molecule has 2 aliphatic rings. The second kappa shape index (κ2) is 9.32. The number of hydrogen-bond acceptors (Lipinski definition) is 3. The summed E-state index contributed by atoms with van der Waals surface area (Å²) >= 11 is 6.92. The fraction of sp³-hybridized carbons (Fsp3) is 0.208. The number of carbonyl (C=O) groups excluding carboxylic acids is 1. The van der Waals surface area contributed by atoms with Crippen molar-refractivity contribution in [2.45, 2.75) is 25.3 Å². The van der Waals surface area contributed by atoms with Gasteiger partial charge in [-0.3, -0.25) is 4.79 Å². The predicted molar refractivity (Wildman–Crippen MR) is 127 cm³/mol. The van der Waals surface area contributed by atoms with Crippen LogP contribution >= 0.6 is 31.9 Å². The van der Waals surface area contributed by atoms with Crippen molar-refractivity contribution in [2.75, 3.05) is 0 Å². The molecule has 158 valence electrons. The summed E-state index contributed by atoms with van der Waals surface area (Å²) in [6.45, 7) is 0. The number of halogens is 2. The lowest BCUT2D eigenvalue weighted by atomic mass is 9.77. The molecule has 7 heteroatoms. The molecule has 1 saturated carbocycles. The van der Waals surface area contributed by atoms with Gasteiger partial charge in [-0.25, -0.2) is 9.80 Å². The lowest BCUT2D eigenvalue weighted by Crippen LogP contribution is -2.31. The molecule has 2 aromatic rings. The highest BCUT2D eigenvalue weighted by Crippen LogP contribution is 2.44. The first-order chi connectivity index (χ1) is 14.9. The third-order valence-electron chi connectivity index (χ3n) is 5.52. The molecule has 2 aromatic carbocycles. The van der Waals surface area contributed by atoms with Crippen molar-refractivity contribution in [2.24, 2.45) is 11.0 Å². The van der Waals surface area contributed by atoms with E-state index in [-0.39, 0.29) is 12.0 Å². The number of carboxylic acid groups (broad SMARTS) is 1. The van der Waals surface area contributed by atoms with E-state index in [9.17, 15) is 9.59 Å². The van der Waals surface area contributed by atoms with Crippen LogP contribution in [0.5, 0.6) is 0 Å². The summed E-state index contributed by atoms with van der Waals surface area (Å²) in [5.74, 6) is -1.52. The number of carbonyl (C=O) groups is 2. The molecule has 0 saturated heterocycles. The first-order valence-corrected chi connectivity index (χ1v) is 11.6. The summed E-state index contributed by atoms with van der Waals surface area (Å²) in [6, 6.07) is 15.7. The molecule has 1 heterocycles. The predicted octanol–water partition coefficient (Wildman–Crippen LogP) is 5.98. The van der Waals surface area contributed by atoms with Gasteiger partial charge in [0.1, 0.15) is 0 Å². The van der Waals surface area contributed by atoms with Crippen molar-refractivity contribution in [1.82, 2.24) is 5.01 Å². The summed E-state index contributed by atoms with van der Waals surface area (Å²) in [5, 5.41) is 15.1. The van der Waals surface area contributed by atoms with Crippen molar-refractivity contribution >= 4 is 55.5 Å². The smallest absolute Gasteiger partial charge is 0.328 e. The average Bonchev–Trinajstić information content (AvgIpc) is 3.15. The summed E-state index contributed by atoms with van der Waals surface area (Å²) < 4.78 is 1.98. The van der Waals surface area contributed by atoms with Gasteiger partial charge in [-0.15, -0.1) is 0 Å². The molecule has 1 aliphatic carbocycles. The van der Waals surface area contributed by atoms with Crippen LogP contribution in [0.2, 0.25) is 0 Å². The Labute approximate surface area is 197 Å². The summed E-state index contributed by atoms with van der Waals surface area (Å²) in [4.78, 5) is 23.8. The number of aliphatic carboxylic acids is 1. The number of carboxylic acids is 1. The Hall–Kier alpha value is -2.51. The van der Waals surface area contributed by atoms with Crippen molar-refractivity contribution in [1.29, 1.82) is 0 Å². The van der Waals surface area contributed by atoms with Gasteiger partial charge in [0.25, 0.3) is 5.91 Å². The van der Waals surface area contributed by atoms with Crippen molar-refractivity contribution < 1.29 is 14.7 Å². The summed E-state index contributed by atoms with van der Waals surface area (Å²) in [5.41, 5.74) is 4.10. The lowest BCUT2D eigenvalue weighted by Gasteiger charge is -2.29. The standard InChI is InChI=1S/C24H20Br2N2O3/c25-18-8-4-15(5-9-18)14-17-2-1-3-20-23(17)27-28(21(29)12-13-22(30)31)24(20)16-6-10-19(26)11-7-16/h4-14,20,24H,1-3H2,(H,30,31). The Morgan fingerprint density at radius 2 is 1.65 bits per heavy atom. The number of benzene rings is 2. The Balaban J connectivity index is 1.74. The topological polar surface area (TPSA) is 70.0 Å². The van der Waals surface area contributed by atoms with E-state index in [0.717, 1.165) is 62.8 Å². The maximum Gasteiger partial charge on any atom is 0.328 e. The van der Waals surface area contributed by atoms with Crippen LogP contribution in [0.4, 0.5) is 0 Å². The van der Waals surface area contributed by atoms with Gasteiger partial charge in [0.05, 0.1) is 11.8 Å². The van der Waals surface area contributed by atoms with E-state index in [0.29, 0.717) is 0 Å². The number of nitrogens with zero attached hydrogens (tertiary/aromatic N) is 2. The van der Waals surface area contributed by atoms with Crippen molar-refractivity contribution in [3.8, 4) is 0 Å². The van der Waals surface area contributed by atoms with Gasteiger partial charge in [-0.05, 0) is 66.3 Å². The fourth-order valence-corrected chi connectivity index (χ4v) is 4.68. The Bertz CT molecular complexity index is 1090. The average molecular weight is 544 g/mol. The molecule has 4 rings (SSSR count). The molecule has 31 heavy (non-hydrogen) atoms. The van der Waals surface area contributed by atoms with Crippen LogP contribution in [0, 0.1) is 5.92 Å². The number of fused-ring (bicyclic) bond motifs is 1. The molecule has 1 amide bonds. The zero-order valence-electron chi connectivity index (χ0n) is 16.5. The maximum atomic E-state index is 12.9. The number of amides is 1. The van der Waals surface area contributed by atoms with Crippen LogP contribution in [0.1, 0.15) is 36.4 Å². The normalized spacial score (nSPS) is 21.9. The highest BCUT2D eigenvalue weighted by Gasteiger charge is 2.43. The molecule has 1 N–H and O–H groups in total. The van der Waals surface area contributed by atoms with E-state index in [2.05, 4.69) is 37.9 Å². The molecule has 5 nitrogen and oxygen atoms in total. The second-order valence-electron chi connectivity index (χ2n) is 7.56. The van der Waals surface area contributed by atoms with Gasteiger partial charge in [0.2, 0.25) is 0 Å². The minimum Gasteiger partial charge on any atom is -0.478 e. The van der Waals surface area contributed by atoms with Crippen LogP contribution in [0.3, 0.4) is 0 Å². The number of hydrogen-bond donors (Lipinski definition) is 1. The first kappa shape index (κ1) is 21.7. The third-order valence-corrected chi connectivity index (χ3v) is 6.58. The lowest BCUT2D eigenvalue weighted by molar-refractivity contribution is -0.132. The summed E-state index contributed by atoms with van der Waals surface area (Å²) in [7, 11) is 0. The minimum absolute atomic E-state index is 0.0683. The molecule has 0 bridgehead atoms. The summed E-state index contributed by atoms with van der Waals surface area (Å²) in [6.07, 6.45) is 6.90. The maximum absolute atomic E-state index is 12.9. The molecule has 1 fully saturated rings. The molecular formula is C24H20Br2N2O3. The second-order valence-corrected chi connectivity index (χ2v) is 9.39. The third kappa shape index (κ3) is 4.88. The minimum atomic E-state index is -1.16. The van der Waals surface area contributed by atoms with Gasteiger partial charge in [-0.2, -0.15) is 5.10 Å². The molecule has 2 atom stereocenters. The Kier molecular flexibility index (Phi) is 6.53. The van der Waals surface area contributed by atoms with Crippen LogP contribution in [-0.4, -0.2) is 27.7 Å². The Morgan fingerprint density at radius 1 is 1.00 bits per heavy atom. The van der Waals surface area contributed by atoms with E-state index in [1.165, 1.54) is 5.01 Å². The number of rotatable bonds is 4. The zero-order chi connectivity index (χ0) is 22.0. The number of allylic oxidation sites excluding steroid dienone is 1. The van der Waals surface area contributed by atoms with E-state index in [4.69, 9.17) is 10.2 Å². The highest BCUT2D eigenvalue weighted by atomic mass is 79.9. The first-order valence-electron chi connectivity index (χ1n) is 9.97. The van der Waals surface area contributed by atoms with Crippen LogP contribution in [-0.2, 0) is 9.59 Å².